The number of benzene rings is 1. The van der Waals surface area contributed by atoms with Crippen molar-refractivity contribution in [1.82, 2.24) is 14.5 Å². The van der Waals surface area contributed by atoms with Gasteiger partial charge < -0.3 is 4.90 Å². The maximum Gasteiger partial charge on any atom is 0.263 e. The minimum atomic E-state index is -0.0300. The van der Waals surface area contributed by atoms with Gasteiger partial charge in [0, 0.05) is 18.0 Å². The van der Waals surface area contributed by atoms with Gasteiger partial charge in [0.15, 0.2) is 5.16 Å². The second kappa shape index (κ2) is 8.71. The van der Waals surface area contributed by atoms with Gasteiger partial charge in [0.25, 0.3) is 5.56 Å². The first-order chi connectivity index (χ1) is 13.7. The van der Waals surface area contributed by atoms with Gasteiger partial charge in [-0.1, -0.05) is 42.1 Å². The van der Waals surface area contributed by atoms with Gasteiger partial charge in [-0.2, -0.15) is 0 Å². The van der Waals surface area contributed by atoms with Gasteiger partial charge in [-0.15, -0.1) is 11.3 Å². The number of rotatable bonds is 6. The van der Waals surface area contributed by atoms with Crippen LogP contribution in [0.1, 0.15) is 48.9 Å². The molecule has 154 valence electrons. The van der Waals surface area contributed by atoms with Crippen LogP contribution in [0, 0.1) is 13.8 Å². The molecule has 0 fully saturated rings. The van der Waals surface area contributed by atoms with Gasteiger partial charge in [0.2, 0.25) is 5.91 Å². The fourth-order valence-electron chi connectivity index (χ4n) is 3.24. The molecule has 0 aliphatic carbocycles. The zero-order chi connectivity index (χ0) is 21.3. The Hall–Kier alpha value is -2.12. The van der Waals surface area contributed by atoms with Crippen molar-refractivity contribution in [3.8, 4) is 0 Å². The van der Waals surface area contributed by atoms with E-state index in [-0.39, 0.29) is 29.3 Å². The summed E-state index contributed by atoms with van der Waals surface area (Å²) in [6, 6.07) is 9.92. The summed E-state index contributed by atoms with van der Waals surface area (Å²) in [5, 5.41) is 1.31. The molecule has 5 nitrogen and oxygen atoms in total. The molecule has 0 saturated heterocycles. The van der Waals surface area contributed by atoms with Crippen molar-refractivity contribution in [2.24, 2.45) is 0 Å². The number of nitrogens with zero attached hydrogens (tertiary/aromatic N) is 3. The average molecular weight is 430 g/mol. The number of aromatic nitrogens is 2. The number of hydrogen-bond donors (Lipinski definition) is 0. The van der Waals surface area contributed by atoms with Crippen molar-refractivity contribution in [1.29, 1.82) is 0 Å². The molecule has 2 aromatic heterocycles. The van der Waals surface area contributed by atoms with E-state index in [0.717, 1.165) is 20.8 Å². The first kappa shape index (κ1) is 21.6. The molecule has 0 saturated carbocycles. The van der Waals surface area contributed by atoms with Crippen LogP contribution in [0.4, 0.5) is 0 Å². The minimum absolute atomic E-state index is 0.00884. The van der Waals surface area contributed by atoms with Crippen LogP contribution in [-0.2, 0) is 4.79 Å². The Bertz CT molecular complexity index is 1090. The zero-order valence-corrected chi connectivity index (χ0v) is 19.4. The van der Waals surface area contributed by atoms with E-state index >= 15 is 0 Å². The third-order valence-electron chi connectivity index (χ3n) is 5.30. The van der Waals surface area contributed by atoms with Crippen molar-refractivity contribution in [2.75, 3.05) is 12.8 Å². The van der Waals surface area contributed by atoms with E-state index in [0.29, 0.717) is 10.5 Å². The number of carbonyl (C=O) groups is 1. The molecule has 3 aromatic rings. The Morgan fingerprint density at radius 1 is 1.21 bits per heavy atom. The van der Waals surface area contributed by atoms with Gasteiger partial charge in [-0.3, -0.25) is 14.2 Å². The highest BCUT2D eigenvalue weighted by Crippen LogP contribution is 2.30. The predicted molar refractivity (Wildman–Crippen MR) is 122 cm³/mol. The smallest absolute Gasteiger partial charge is 0.263 e. The van der Waals surface area contributed by atoms with E-state index in [1.807, 2.05) is 72.0 Å². The summed E-state index contributed by atoms with van der Waals surface area (Å²) in [7, 11) is 1.82. The Balaban J connectivity index is 1.85. The molecule has 1 aromatic carbocycles. The Morgan fingerprint density at radius 3 is 2.48 bits per heavy atom. The van der Waals surface area contributed by atoms with Crippen LogP contribution >= 0.6 is 23.1 Å². The van der Waals surface area contributed by atoms with Gasteiger partial charge in [-0.25, -0.2) is 4.98 Å². The van der Waals surface area contributed by atoms with E-state index in [1.165, 1.54) is 23.1 Å². The molecule has 7 heteroatoms. The van der Waals surface area contributed by atoms with E-state index in [9.17, 15) is 9.59 Å². The first-order valence-electron chi connectivity index (χ1n) is 9.68. The number of thioether (sulfide) groups is 1. The van der Waals surface area contributed by atoms with Crippen LogP contribution in [0.3, 0.4) is 0 Å². The fourth-order valence-corrected chi connectivity index (χ4v) is 5.37. The number of aryl methyl sites for hydroxylation is 2. The second-order valence-corrected chi connectivity index (χ2v) is 9.65. The lowest BCUT2D eigenvalue weighted by Crippen LogP contribution is -2.31. The number of fused-ring (bicyclic) bond motifs is 1. The fraction of sp³-hybridized carbons (Fsp3) is 0.409. The molecule has 2 heterocycles. The van der Waals surface area contributed by atoms with Crippen LogP contribution in [-0.4, -0.2) is 33.2 Å². The van der Waals surface area contributed by atoms with Gasteiger partial charge >= 0.3 is 0 Å². The third kappa shape index (κ3) is 4.26. The molecule has 0 radical (unpaired) electrons. The topological polar surface area (TPSA) is 55.2 Å². The molecule has 1 unspecified atom stereocenters. The lowest BCUT2D eigenvalue weighted by molar-refractivity contribution is -0.128. The summed E-state index contributed by atoms with van der Waals surface area (Å²) in [4.78, 5) is 34.3. The number of amides is 1. The van der Waals surface area contributed by atoms with Crippen LogP contribution in [0.5, 0.6) is 0 Å². The first-order valence-corrected chi connectivity index (χ1v) is 11.5. The Labute approximate surface area is 179 Å². The number of carbonyl (C=O) groups excluding carboxylic acids is 1. The summed E-state index contributed by atoms with van der Waals surface area (Å²) in [5.41, 5.74) is 2.07. The SMILES string of the molecule is Cc1sc2nc(SCC(=O)N(C)C(C)c3ccccc3)n(C(C)C)c(=O)c2c1C. The molecule has 3 rings (SSSR count). The van der Waals surface area contributed by atoms with Crippen LogP contribution < -0.4 is 5.56 Å². The molecule has 0 aliphatic rings. The molecule has 0 bridgehead atoms. The van der Waals surface area contributed by atoms with Crippen LogP contribution in [0.15, 0.2) is 40.3 Å². The highest BCUT2D eigenvalue weighted by molar-refractivity contribution is 7.99. The highest BCUT2D eigenvalue weighted by Gasteiger charge is 2.21. The largest absolute Gasteiger partial charge is 0.338 e. The maximum atomic E-state index is 13.1. The van der Waals surface area contributed by atoms with Crippen molar-refractivity contribution in [3.63, 3.8) is 0 Å². The van der Waals surface area contributed by atoms with Gasteiger partial charge in [0.1, 0.15) is 4.83 Å². The van der Waals surface area contributed by atoms with Gasteiger partial charge in [-0.05, 0) is 45.7 Å². The van der Waals surface area contributed by atoms with E-state index in [1.54, 1.807) is 9.47 Å². The third-order valence-corrected chi connectivity index (χ3v) is 7.34. The van der Waals surface area contributed by atoms with Gasteiger partial charge in [0.05, 0.1) is 17.2 Å². The summed E-state index contributed by atoms with van der Waals surface area (Å²) >= 11 is 2.87. The summed E-state index contributed by atoms with van der Waals surface area (Å²) in [6.07, 6.45) is 0. The monoisotopic (exact) mass is 429 g/mol. The maximum absolute atomic E-state index is 13.1. The molecule has 0 aliphatic heterocycles. The molecule has 0 spiro atoms. The van der Waals surface area contributed by atoms with Crippen LogP contribution in [0.25, 0.3) is 10.2 Å². The van der Waals surface area contributed by atoms with Crippen molar-refractivity contribution < 1.29 is 4.79 Å². The molecule has 29 heavy (non-hydrogen) atoms. The van der Waals surface area contributed by atoms with Crippen molar-refractivity contribution in [2.45, 2.75) is 51.9 Å². The molecule has 0 N–H and O–H groups in total. The lowest BCUT2D eigenvalue weighted by Gasteiger charge is -2.25. The zero-order valence-electron chi connectivity index (χ0n) is 17.7. The highest BCUT2D eigenvalue weighted by atomic mass is 32.2. The number of hydrogen-bond acceptors (Lipinski definition) is 5. The lowest BCUT2D eigenvalue weighted by atomic mass is 10.1. The van der Waals surface area contributed by atoms with E-state index in [2.05, 4.69) is 0 Å². The summed E-state index contributed by atoms with van der Waals surface area (Å²) in [6.45, 7) is 9.94. The van der Waals surface area contributed by atoms with Crippen molar-refractivity contribution >= 4 is 39.2 Å². The predicted octanol–water partition coefficient (Wildman–Crippen LogP) is 4.97. The molecular formula is C22H27N3O2S2. The van der Waals surface area contributed by atoms with E-state index in [4.69, 9.17) is 4.98 Å². The average Bonchev–Trinajstić information content (AvgIpc) is 2.99. The summed E-state index contributed by atoms with van der Waals surface area (Å²) < 4.78 is 1.71. The van der Waals surface area contributed by atoms with Crippen LogP contribution in [0.2, 0.25) is 0 Å². The molecular weight excluding hydrogens is 402 g/mol. The second-order valence-electron chi connectivity index (χ2n) is 7.51. The number of thiophene rings is 1. The molecule has 1 amide bonds. The minimum Gasteiger partial charge on any atom is -0.338 e. The van der Waals surface area contributed by atoms with E-state index < -0.39 is 0 Å². The molecule has 1 atom stereocenters. The Kier molecular flexibility index (Phi) is 6.49. The standard InChI is InChI=1S/C22H27N3O2S2/c1-13(2)25-21(27)19-14(3)16(5)29-20(19)23-22(25)28-12-18(26)24(6)15(4)17-10-8-7-9-11-17/h7-11,13,15H,12H2,1-6H3. The quantitative estimate of drug-likeness (QED) is 0.410. The van der Waals surface area contributed by atoms with Crippen molar-refractivity contribution in [3.05, 3.63) is 56.7 Å². The Morgan fingerprint density at radius 2 is 1.86 bits per heavy atom. The normalized spacial score (nSPS) is 12.5. The summed E-state index contributed by atoms with van der Waals surface area (Å²) in [5.74, 6) is 0.247.